The highest BCUT2D eigenvalue weighted by Crippen LogP contribution is 2.17. The van der Waals surface area contributed by atoms with Crippen molar-refractivity contribution in [3.63, 3.8) is 0 Å². The fraction of sp³-hybridized carbons (Fsp3) is 0.550. The molecular formula is C20H29N3O4. The summed E-state index contributed by atoms with van der Waals surface area (Å²) in [6, 6.07) is 9.64. The number of rotatable bonds is 7. The molecule has 3 amide bonds. The first-order chi connectivity index (χ1) is 13.0. The van der Waals surface area contributed by atoms with Gasteiger partial charge in [0.1, 0.15) is 0 Å². The van der Waals surface area contributed by atoms with Crippen molar-refractivity contribution < 1.29 is 19.1 Å². The van der Waals surface area contributed by atoms with Crippen molar-refractivity contribution in [2.45, 2.75) is 39.2 Å². The standard InChI is InChI=1S/C20H29N3O4/c1-3-27-20(26)22-12-9-18(10-13-22)23(16(2)24)14-11-21-19(25)15-17-7-5-4-6-8-17/h4-8,18H,3,9-15H2,1-2H3,(H,21,25). The van der Waals surface area contributed by atoms with E-state index < -0.39 is 0 Å². The Hall–Kier alpha value is -2.57. The molecule has 0 atom stereocenters. The van der Waals surface area contributed by atoms with E-state index in [-0.39, 0.29) is 23.9 Å². The van der Waals surface area contributed by atoms with E-state index in [4.69, 9.17) is 4.74 Å². The zero-order valence-electron chi connectivity index (χ0n) is 16.1. The number of nitrogens with one attached hydrogen (secondary N) is 1. The minimum absolute atomic E-state index is 0.0121. The molecule has 0 unspecified atom stereocenters. The van der Waals surface area contributed by atoms with Crippen LogP contribution in [-0.2, 0) is 20.7 Å². The number of piperidine rings is 1. The highest BCUT2D eigenvalue weighted by atomic mass is 16.6. The molecule has 1 aliphatic rings. The van der Waals surface area contributed by atoms with Crippen LogP contribution in [-0.4, -0.2) is 66.5 Å². The monoisotopic (exact) mass is 375 g/mol. The topological polar surface area (TPSA) is 79.0 Å². The molecule has 0 aromatic heterocycles. The zero-order valence-corrected chi connectivity index (χ0v) is 16.1. The number of amides is 3. The number of likely N-dealkylation sites (tertiary alicyclic amines) is 1. The SMILES string of the molecule is CCOC(=O)N1CCC(N(CCNC(=O)Cc2ccccc2)C(C)=O)CC1. The van der Waals surface area contributed by atoms with Crippen LogP contribution in [0.2, 0.25) is 0 Å². The van der Waals surface area contributed by atoms with Gasteiger partial charge in [-0.15, -0.1) is 0 Å². The Morgan fingerprint density at radius 1 is 1.19 bits per heavy atom. The van der Waals surface area contributed by atoms with Gasteiger partial charge in [-0.3, -0.25) is 9.59 Å². The van der Waals surface area contributed by atoms with Crippen molar-refractivity contribution in [2.24, 2.45) is 0 Å². The minimum atomic E-state index is -0.293. The lowest BCUT2D eigenvalue weighted by molar-refractivity contribution is -0.132. The van der Waals surface area contributed by atoms with Gasteiger partial charge in [0, 0.05) is 39.1 Å². The highest BCUT2D eigenvalue weighted by molar-refractivity contribution is 5.78. The predicted octanol–water partition coefficient (Wildman–Crippen LogP) is 1.81. The first kappa shape index (κ1) is 20.7. The van der Waals surface area contributed by atoms with Crippen molar-refractivity contribution in [1.29, 1.82) is 0 Å². The average Bonchev–Trinajstić information content (AvgIpc) is 2.66. The number of benzene rings is 1. The van der Waals surface area contributed by atoms with Crippen LogP contribution < -0.4 is 5.32 Å². The molecule has 1 heterocycles. The molecule has 0 radical (unpaired) electrons. The van der Waals surface area contributed by atoms with Crippen LogP contribution in [0, 0.1) is 0 Å². The molecule has 7 nitrogen and oxygen atoms in total. The lowest BCUT2D eigenvalue weighted by atomic mass is 10.0. The van der Waals surface area contributed by atoms with Gasteiger partial charge >= 0.3 is 6.09 Å². The number of hydrogen-bond donors (Lipinski definition) is 1. The summed E-state index contributed by atoms with van der Waals surface area (Å²) in [6.07, 6.45) is 1.48. The van der Waals surface area contributed by atoms with Gasteiger partial charge in [-0.25, -0.2) is 4.79 Å². The van der Waals surface area contributed by atoms with Crippen LogP contribution in [0.3, 0.4) is 0 Å². The fourth-order valence-electron chi connectivity index (χ4n) is 3.33. The number of hydrogen-bond acceptors (Lipinski definition) is 4. The molecule has 2 rings (SSSR count). The maximum Gasteiger partial charge on any atom is 0.409 e. The van der Waals surface area contributed by atoms with E-state index in [1.54, 1.807) is 23.6 Å². The zero-order chi connectivity index (χ0) is 19.6. The highest BCUT2D eigenvalue weighted by Gasteiger charge is 2.28. The molecule has 1 fully saturated rings. The maximum atomic E-state index is 12.0. The molecule has 0 aliphatic carbocycles. The lowest BCUT2D eigenvalue weighted by Crippen LogP contribution is -2.50. The van der Waals surface area contributed by atoms with Crippen molar-refractivity contribution in [2.75, 3.05) is 32.8 Å². The minimum Gasteiger partial charge on any atom is -0.450 e. The summed E-state index contributed by atoms with van der Waals surface area (Å²) < 4.78 is 5.02. The van der Waals surface area contributed by atoms with Crippen molar-refractivity contribution in [1.82, 2.24) is 15.1 Å². The Morgan fingerprint density at radius 3 is 2.44 bits per heavy atom. The largest absolute Gasteiger partial charge is 0.450 e. The molecule has 1 N–H and O–H groups in total. The normalized spacial score (nSPS) is 14.5. The Kier molecular flexibility index (Phi) is 8.10. The lowest BCUT2D eigenvalue weighted by Gasteiger charge is -2.37. The first-order valence-electron chi connectivity index (χ1n) is 9.50. The maximum absolute atomic E-state index is 12.0. The van der Waals surface area contributed by atoms with E-state index in [0.717, 1.165) is 18.4 Å². The van der Waals surface area contributed by atoms with Gasteiger partial charge in [0.15, 0.2) is 0 Å². The third kappa shape index (κ3) is 6.58. The van der Waals surface area contributed by atoms with Gasteiger partial charge in [-0.1, -0.05) is 30.3 Å². The molecule has 0 saturated carbocycles. The van der Waals surface area contributed by atoms with Crippen LogP contribution in [0.5, 0.6) is 0 Å². The van der Waals surface area contributed by atoms with Crippen molar-refractivity contribution in [3.8, 4) is 0 Å². The molecule has 0 spiro atoms. The van der Waals surface area contributed by atoms with E-state index in [1.165, 1.54) is 0 Å². The summed E-state index contributed by atoms with van der Waals surface area (Å²) in [4.78, 5) is 39.3. The van der Waals surface area contributed by atoms with Gasteiger partial charge < -0.3 is 19.9 Å². The summed E-state index contributed by atoms with van der Waals surface area (Å²) in [5.74, 6) is -0.0660. The molecule has 1 aromatic carbocycles. The Bertz CT molecular complexity index is 627. The molecule has 1 saturated heterocycles. The summed E-state index contributed by atoms with van der Waals surface area (Å²) in [5, 5.41) is 2.88. The summed E-state index contributed by atoms with van der Waals surface area (Å²) in [6.45, 7) is 5.74. The third-order valence-electron chi connectivity index (χ3n) is 4.72. The molecule has 7 heteroatoms. The molecular weight excluding hydrogens is 346 g/mol. The third-order valence-corrected chi connectivity index (χ3v) is 4.72. The average molecular weight is 375 g/mol. The number of ether oxygens (including phenoxy) is 1. The van der Waals surface area contributed by atoms with Crippen LogP contribution in [0.25, 0.3) is 0 Å². The molecule has 0 bridgehead atoms. The van der Waals surface area contributed by atoms with Crippen molar-refractivity contribution >= 4 is 17.9 Å². The Balaban J connectivity index is 1.76. The predicted molar refractivity (Wildman–Crippen MR) is 102 cm³/mol. The second-order valence-electron chi connectivity index (χ2n) is 6.64. The van der Waals surface area contributed by atoms with Crippen LogP contribution in [0.4, 0.5) is 4.79 Å². The van der Waals surface area contributed by atoms with Gasteiger partial charge in [-0.2, -0.15) is 0 Å². The molecule has 1 aromatic rings. The number of carbonyl (C=O) groups excluding carboxylic acids is 3. The molecule has 148 valence electrons. The van der Waals surface area contributed by atoms with E-state index >= 15 is 0 Å². The van der Waals surface area contributed by atoms with Crippen molar-refractivity contribution in [3.05, 3.63) is 35.9 Å². The number of carbonyl (C=O) groups is 3. The summed E-state index contributed by atoms with van der Waals surface area (Å²) in [5.41, 5.74) is 0.963. The smallest absolute Gasteiger partial charge is 0.409 e. The van der Waals surface area contributed by atoms with Crippen LogP contribution in [0.1, 0.15) is 32.3 Å². The number of nitrogens with zero attached hydrogens (tertiary/aromatic N) is 2. The summed E-state index contributed by atoms with van der Waals surface area (Å²) >= 11 is 0. The van der Waals surface area contributed by atoms with E-state index in [1.807, 2.05) is 30.3 Å². The van der Waals surface area contributed by atoms with Crippen LogP contribution >= 0.6 is 0 Å². The molecule has 27 heavy (non-hydrogen) atoms. The first-order valence-corrected chi connectivity index (χ1v) is 9.50. The van der Waals surface area contributed by atoms with Gasteiger partial charge in [0.25, 0.3) is 0 Å². The fourth-order valence-corrected chi connectivity index (χ4v) is 3.33. The van der Waals surface area contributed by atoms with E-state index in [2.05, 4.69) is 5.32 Å². The van der Waals surface area contributed by atoms with Crippen LogP contribution in [0.15, 0.2) is 30.3 Å². The molecule has 1 aliphatic heterocycles. The second kappa shape index (κ2) is 10.5. The van der Waals surface area contributed by atoms with E-state index in [9.17, 15) is 14.4 Å². The summed E-state index contributed by atoms with van der Waals surface area (Å²) in [7, 11) is 0. The quantitative estimate of drug-likeness (QED) is 0.788. The van der Waals surface area contributed by atoms with Gasteiger partial charge in [0.05, 0.1) is 13.0 Å². The van der Waals surface area contributed by atoms with E-state index in [0.29, 0.717) is 39.2 Å². The van der Waals surface area contributed by atoms with Gasteiger partial charge in [-0.05, 0) is 25.3 Å². The Labute approximate surface area is 160 Å². The Morgan fingerprint density at radius 2 is 1.85 bits per heavy atom. The van der Waals surface area contributed by atoms with Gasteiger partial charge in [0.2, 0.25) is 11.8 Å². The second-order valence-corrected chi connectivity index (χ2v) is 6.64.